The summed E-state index contributed by atoms with van der Waals surface area (Å²) in [5.74, 6) is 2.37. The fraction of sp³-hybridized carbons (Fsp3) is 0.500. The maximum Gasteiger partial charge on any atom is 0.220 e. The number of hydrogen-bond acceptors (Lipinski definition) is 1. The van der Waals surface area contributed by atoms with Crippen molar-refractivity contribution in [3.8, 4) is 12.3 Å². The molecule has 0 saturated heterocycles. The predicted octanol–water partition coefficient (Wildman–Crippen LogP) is 0.146. The summed E-state index contributed by atoms with van der Waals surface area (Å²) in [5.41, 5.74) is 0. The number of rotatable bonds is 2. The summed E-state index contributed by atoms with van der Waals surface area (Å²) >= 11 is 0. The Hall–Kier alpha value is -0.970. The zero-order chi connectivity index (χ0) is 6.41. The van der Waals surface area contributed by atoms with Crippen LogP contribution >= 0.6 is 0 Å². The van der Waals surface area contributed by atoms with Crippen molar-refractivity contribution in [1.82, 2.24) is 5.32 Å². The second kappa shape index (κ2) is 4.20. The van der Waals surface area contributed by atoms with Gasteiger partial charge in [0.1, 0.15) is 0 Å². The third-order valence-electron chi connectivity index (χ3n) is 0.775. The summed E-state index contributed by atoms with van der Waals surface area (Å²) in [6.45, 7) is 0. The van der Waals surface area contributed by atoms with Gasteiger partial charge >= 0.3 is 0 Å². The maximum absolute atomic E-state index is 10.4. The van der Waals surface area contributed by atoms with Gasteiger partial charge in [0.15, 0.2) is 0 Å². The summed E-state index contributed by atoms with van der Waals surface area (Å²) in [4.78, 5) is 10.4. The Labute approximate surface area is 49.3 Å². The molecule has 0 aliphatic heterocycles. The van der Waals surface area contributed by atoms with Crippen LogP contribution in [0.25, 0.3) is 0 Å². The van der Waals surface area contributed by atoms with E-state index in [1.54, 1.807) is 7.05 Å². The normalized spacial score (nSPS) is 7.50. The quantitative estimate of drug-likeness (QED) is 0.505. The molecule has 0 aromatic rings. The van der Waals surface area contributed by atoms with Gasteiger partial charge in [-0.3, -0.25) is 4.79 Å². The molecule has 0 heterocycles. The van der Waals surface area contributed by atoms with E-state index in [1.807, 2.05) is 0 Å². The Bertz CT molecular complexity index is 112. The molecule has 0 spiro atoms. The van der Waals surface area contributed by atoms with Crippen molar-refractivity contribution in [3.05, 3.63) is 0 Å². The van der Waals surface area contributed by atoms with Gasteiger partial charge in [-0.1, -0.05) is 0 Å². The fourth-order valence-electron chi connectivity index (χ4n) is 0.311. The molecule has 0 aliphatic carbocycles. The van der Waals surface area contributed by atoms with E-state index >= 15 is 0 Å². The fourth-order valence-corrected chi connectivity index (χ4v) is 0.311. The number of amides is 1. The molecule has 1 N–H and O–H groups in total. The lowest BCUT2D eigenvalue weighted by Gasteiger charge is -1.91. The van der Waals surface area contributed by atoms with Gasteiger partial charge in [-0.05, 0) is 0 Å². The molecule has 8 heavy (non-hydrogen) atoms. The molecule has 0 radical (unpaired) electrons. The minimum atomic E-state index is 0.00273. The van der Waals surface area contributed by atoms with E-state index in [1.165, 1.54) is 0 Å². The van der Waals surface area contributed by atoms with E-state index in [9.17, 15) is 4.79 Å². The highest BCUT2D eigenvalue weighted by Gasteiger charge is 1.91. The summed E-state index contributed by atoms with van der Waals surface area (Å²) < 4.78 is 0. The second-order valence-electron chi connectivity index (χ2n) is 1.38. The molecule has 0 aromatic carbocycles. The molecule has 0 saturated carbocycles. The van der Waals surface area contributed by atoms with Crippen molar-refractivity contribution in [2.24, 2.45) is 0 Å². The Balaban J connectivity index is 3.15. The van der Waals surface area contributed by atoms with Crippen LogP contribution in [0, 0.1) is 12.3 Å². The van der Waals surface area contributed by atoms with E-state index in [4.69, 9.17) is 6.42 Å². The van der Waals surface area contributed by atoms with Gasteiger partial charge in [0.05, 0.1) is 0 Å². The molecular weight excluding hydrogens is 102 g/mol. The molecule has 0 unspecified atom stereocenters. The lowest BCUT2D eigenvalue weighted by molar-refractivity contribution is -0.120. The average molecular weight is 111 g/mol. The summed E-state index contributed by atoms with van der Waals surface area (Å²) in [5, 5.41) is 2.47. The number of hydrogen-bond donors (Lipinski definition) is 1. The average Bonchev–Trinajstić information content (AvgIpc) is 1.83. The van der Waals surface area contributed by atoms with Gasteiger partial charge in [-0.15, -0.1) is 12.3 Å². The lowest BCUT2D eigenvalue weighted by Crippen LogP contribution is -2.16. The van der Waals surface area contributed by atoms with Crippen LogP contribution in [-0.4, -0.2) is 13.0 Å². The van der Waals surface area contributed by atoms with Crippen molar-refractivity contribution in [2.45, 2.75) is 12.8 Å². The van der Waals surface area contributed by atoms with E-state index in [0.717, 1.165) is 0 Å². The number of carbonyl (C=O) groups excluding carboxylic acids is 1. The summed E-state index contributed by atoms with van der Waals surface area (Å²) in [7, 11) is 1.60. The van der Waals surface area contributed by atoms with Gasteiger partial charge in [0.2, 0.25) is 5.91 Å². The van der Waals surface area contributed by atoms with Crippen LogP contribution < -0.4 is 5.32 Å². The van der Waals surface area contributed by atoms with Gasteiger partial charge in [-0.2, -0.15) is 0 Å². The van der Waals surface area contributed by atoms with E-state index in [2.05, 4.69) is 11.2 Å². The molecule has 2 nitrogen and oxygen atoms in total. The molecular formula is C6H9NO. The zero-order valence-electron chi connectivity index (χ0n) is 4.90. The Kier molecular flexibility index (Phi) is 3.69. The highest BCUT2D eigenvalue weighted by molar-refractivity contribution is 5.75. The molecule has 44 valence electrons. The van der Waals surface area contributed by atoms with E-state index in [-0.39, 0.29) is 5.91 Å². The first kappa shape index (κ1) is 7.03. The van der Waals surface area contributed by atoms with Crippen molar-refractivity contribution in [1.29, 1.82) is 0 Å². The van der Waals surface area contributed by atoms with Crippen molar-refractivity contribution < 1.29 is 4.79 Å². The minimum Gasteiger partial charge on any atom is -0.359 e. The Morgan fingerprint density at radius 1 is 1.88 bits per heavy atom. The van der Waals surface area contributed by atoms with Crippen LogP contribution in [0.5, 0.6) is 0 Å². The Morgan fingerprint density at radius 3 is 2.88 bits per heavy atom. The largest absolute Gasteiger partial charge is 0.359 e. The number of carbonyl (C=O) groups is 1. The summed E-state index contributed by atoms with van der Waals surface area (Å²) in [6, 6.07) is 0. The SMILES string of the molecule is C#CCCC(=O)NC. The topological polar surface area (TPSA) is 29.1 Å². The molecule has 2 heteroatoms. The van der Waals surface area contributed by atoms with Gasteiger partial charge in [0.25, 0.3) is 0 Å². The third-order valence-corrected chi connectivity index (χ3v) is 0.775. The first-order valence-electron chi connectivity index (χ1n) is 2.45. The zero-order valence-corrected chi connectivity index (χ0v) is 4.90. The van der Waals surface area contributed by atoms with Crippen LogP contribution in [0.15, 0.2) is 0 Å². The third kappa shape index (κ3) is 3.23. The Morgan fingerprint density at radius 2 is 2.50 bits per heavy atom. The number of nitrogens with one attached hydrogen (secondary N) is 1. The lowest BCUT2D eigenvalue weighted by atomic mass is 10.3. The van der Waals surface area contributed by atoms with Gasteiger partial charge < -0.3 is 5.32 Å². The molecule has 0 aliphatic rings. The minimum absolute atomic E-state index is 0.00273. The predicted molar refractivity (Wildman–Crippen MR) is 32.1 cm³/mol. The first-order chi connectivity index (χ1) is 3.81. The van der Waals surface area contributed by atoms with Gasteiger partial charge in [-0.25, -0.2) is 0 Å². The van der Waals surface area contributed by atoms with E-state index in [0.29, 0.717) is 12.8 Å². The van der Waals surface area contributed by atoms with Crippen LogP contribution in [-0.2, 0) is 4.79 Å². The maximum atomic E-state index is 10.4. The van der Waals surface area contributed by atoms with Crippen LogP contribution in [0.1, 0.15) is 12.8 Å². The molecule has 0 fully saturated rings. The van der Waals surface area contributed by atoms with Crippen molar-refractivity contribution in [2.75, 3.05) is 7.05 Å². The molecule has 0 rings (SSSR count). The van der Waals surface area contributed by atoms with Crippen LogP contribution in [0.3, 0.4) is 0 Å². The van der Waals surface area contributed by atoms with Crippen molar-refractivity contribution >= 4 is 5.91 Å². The van der Waals surface area contributed by atoms with Crippen molar-refractivity contribution in [3.63, 3.8) is 0 Å². The first-order valence-corrected chi connectivity index (χ1v) is 2.45. The van der Waals surface area contributed by atoms with Crippen LogP contribution in [0.4, 0.5) is 0 Å². The standard InChI is InChI=1S/C6H9NO/c1-3-4-5-6(8)7-2/h1H,4-5H2,2H3,(H,7,8). The summed E-state index contributed by atoms with van der Waals surface area (Å²) in [6.07, 6.45) is 5.87. The highest BCUT2D eigenvalue weighted by Crippen LogP contribution is 1.82. The van der Waals surface area contributed by atoms with Crippen LogP contribution in [0.2, 0.25) is 0 Å². The van der Waals surface area contributed by atoms with E-state index < -0.39 is 0 Å². The highest BCUT2D eigenvalue weighted by atomic mass is 16.1. The smallest absolute Gasteiger partial charge is 0.220 e. The molecule has 0 bridgehead atoms. The molecule has 0 aromatic heterocycles. The molecule has 0 atom stereocenters. The monoisotopic (exact) mass is 111 g/mol. The number of terminal acetylenes is 1. The second-order valence-corrected chi connectivity index (χ2v) is 1.38. The molecule has 1 amide bonds. The van der Waals surface area contributed by atoms with Gasteiger partial charge in [0, 0.05) is 19.9 Å².